The van der Waals surface area contributed by atoms with E-state index in [-0.39, 0.29) is 24.4 Å². The second kappa shape index (κ2) is 8.02. The summed E-state index contributed by atoms with van der Waals surface area (Å²) in [6, 6.07) is 2.83. The van der Waals surface area contributed by atoms with Crippen molar-refractivity contribution < 1.29 is 22.0 Å². The largest absolute Gasteiger partial charge is 0.337 e. The lowest BCUT2D eigenvalue weighted by Crippen LogP contribution is -2.38. The number of amides is 1. The van der Waals surface area contributed by atoms with Crippen molar-refractivity contribution in [3.63, 3.8) is 0 Å². The molecule has 8 heteroatoms. The van der Waals surface area contributed by atoms with Gasteiger partial charge in [0.2, 0.25) is 10.0 Å². The zero-order chi connectivity index (χ0) is 17.7. The second-order valence-corrected chi connectivity index (χ2v) is 7.93. The highest BCUT2D eigenvalue weighted by atomic mass is 32.2. The Morgan fingerprint density at radius 3 is 2.58 bits per heavy atom. The first-order chi connectivity index (χ1) is 11.3. The van der Waals surface area contributed by atoms with Crippen LogP contribution in [0.3, 0.4) is 0 Å². The number of carbonyl (C=O) groups is 1. The summed E-state index contributed by atoms with van der Waals surface area (Å²) in [7, 11) is -3.32. The summed E-state index contributed by atoms with van der Waals surface area (Å²) < 4.78 is 52.6. The Kier molecular flexibility index (Phi) is 6.28. The number of sulfonamides is 1. The fourth-order valence-electron chi connectivity index (χ4n) is 2.66. The second-order valence-electron chi connectivity index (χ2n) is 5.84. The molecule has 134 valence electrons. The number of rotatable bonds is 5. The molecule has 0 unspecified atom stereocenters. The third-order valence-corrected chi connectivity index (χ3v) is 6.01. The van der Waals surface area contributed by atoms with Gasteiger partial charge in [0.05, 0.1) is 11.3 Å². The van der Waals surface area contributed by atoms with Crippen LogP contribution in [0.25, 0.3) is 0 Å². The predicted octanol–water partition coefficient (Wildman–Crippen LogP) is 2.24. The summed E-state index contributed by atoms with van der Waals surface area (Å²) in [5.74, 6) is -2.09. The Morgan fingerprint density at radius 1 is 1.17 bits per heavy atom. The zero-order valence-corrected chi connectivity index (χ0v) is 14.5. The van der Waals surface area contributed by atoms with Gasteiger partial charge in [0.25, 0.3) is 5.91 Å². The van der Waals surface area contributed by atoms with E-state index >= 15 is 0 Å². The van der Waals surface area contributed by atoms with Gasteiger partial charge in [-0.05, 0) is 25.0 Å². The molecule has 1 saturated heterocycles. The van der Waals surface area contributed by atoms with Gasteiger partial charge >= 0.3 is 0 Å². The van der Waals surface area contributed by atoms with Gasteiger partial charge in [0.1, 0.15) is 11.6 Å². The normalized spacial score (nSPS) is 16.9. The van der Waals surface area contributed by atoms with E-state index in [1.54, 1.807) is 0 Å². The molecule has 0 aromatic heterocycles. The average Bonchev–Trinajstić information content (AvgIpc) is 2.79. The molecule has 0 N–H and O–H groups in total. The molecule has 1 aromatic rings. The summed E-state index contributed by atoms with van der Waals surface area (Å²) in [5, 5.41) is 0. The summed E-state index contributed by atoms with van der Waals surface area (Å²) in [6.45, 7) is 3.01. The SMILES string of the molecule is CCCCS(=O)(=O)N1CCCN(C(=O)c2ccc(F)cc2F)CC1. The monoisotopic (exact) mass is 360 g/mol. The van der Waals surface area contributed by atoms with E-state index in [2.05, 4.69) is 0 Å². The van der Waals surface area contributed by atoms with Crippen molar-refractivity contribution in [1.29, 1.82) is 0 Å². The molecule has 0 spiro atoms. The molecule has 1 heterocycles. The summed E-state index contributed by atoms with van der Waals surface area (Å²) in [6.07, 6.45) is 1.88. The number of unbranched alkanes of at least 4 members (excludes halogenated alkanes) is 1. The smallest absolute Gasteiger partial charge is 0.256 e. The highest BCUT2D eigenvalue weighted by Crippen LogP contribution is 2.16. The predicted molar refractivity (Wildman–Crippen MR) is 87.1 cm³/mol. The molecule has 1 amide bonds. The van der Waals surface area contributed by atoms with Crippen LogP contribution in [0, 0.1) is 11.6 Å². The molecule has 5 nitrogen and oxygen atoms in total. The van der Waals surface area contributed by atoms with Crippen LogP contribution in [0.1, 0.15) is 36.5 Å². The number of nitrogens with zero attached hydrogens (tertiary/aromatic N) is 2. The van der Waals surface area contributed by atoms with Gasteiger partial charge < -0.3 is 4.90 Å². The van der Waals surface area contributed by atoms with Gasteiger partial charge in [0.15, 0.2) is 0 Å². The minimum absolute atomic E-state index is 0.101. The fraction of sp³-hybridized carbons (Fsp3) is 0.562. The van der Waals surface area contributed by atoms with Crippen LogP contribution in [-0.4, -0.2) is 55.5 Å². The van der Waals surface area contributed by atoms with Crippen LogP contribution in [0.2, 0.25) is 0 Å². The van der Waals surface area contributed by atoms with Gasteiger partial charge in [-0.3, -0.25) is 4.79 Å². The van der Waals surface area contributed by atoms with Crippen molar-refractivity contribution in [2.24, 2.45) is 0 Å². The maximum absolute atomic E-state index is 13.8. The molecule has 0 atom stereocenters. The van der Waals surface area contributed by atoms with E-state index in [4.69, 9.17) is 0 Å². The molecular weight excluding hydrogens is 338 g/mol. The Morgan fingerprint density at radius 2 is 1.92 bits per heavy atom. The van der Waals surface area contributed by atoms with Crippen molar-refractivity contribution >= 4 is 15.9 Å². The topological polar surface area (TPSA) is 57.7 Å². The van der Waals surface area contributed by atoms with E-state index in [0.717, 1.165) is 18.6 Å². The third-order valence-electron chi connectivity index (χ3n) is 4.05. The minimum Gasteiger partial charge on any atom is -0.337 e. The van der Waals surface area contributed by atoms with Crippen molar-refractivity contribution in [1.82, 2.24) is 9.21 Å². The molecule has 1 aromatic carbocycles. The van der Waals surface area contributed by atoms with Crippen LogP contribution in [0.5, 0.6) is 0 Å². The van der Waals surface area contributed by atoms with Gasteiger partial charge in [-0.1, -0.05) is 13.3 Å². The van der Waals surface area contributed by atoms with Gasteiger partial charge in [-0.15, -0.1) is 0 Å². The van der Waals surface area contributed by atoms with Crippen molar-refractivity contribution in [2.75, 3.05) is 31.9 Å². The Hall–Kier alpha value is -1.54. The van der Waals surface area contributed by atoms with E-state index in [9.17, 15) is 22.0 Å². The fourth-order valence-corrected chi connectivity index (χ4v) is 4.34. The number of hydrogen-bond acceptors (Lipinski definition) is 3. The minimum atomic E-state index is -3.32. The Labute approximate surface area is 141 Å². The van der Waals surface area contributed by atoms with Crippen LogP contribution in [-0.2, 0) is 10.0 Å². The molecule has 1 fully saturated rings. The quantitative estimate of drug-likeness (QED) is 0.809. The van der Waals surface area contributed by atoms with Crippen molar-refractivity contribution in [3.8, 4) is 0 Å². The summed E-state index contributed by atoms with van der Waals surface area (Å²) >= 11 is 0. The van der Waals surface area contributed by atoms with Crippen LogP contribution >= 0.6 is 0 Å². The summed E-state index contributed by atoms with van der Waals surface area (Å²) in [5.41, 5.74) is -0.196. The first-order valence-electron chi connectivity index (χ1n) is 8.07. The lowest BCUT2D eigenvalue weighted by molar-refractivity contribution is 0.0759. The molecule has 0 saturated carbocycles. The third kappa shape index (κ3) is 4.51. The van der Waals surface area contributed by atoms with E-state index in [0.29, 0.717) is 32.0 Å². The van der Waals surface area contributed by atoms with Gasteiger partial charge in [-0.25, -0.2) is 21.5 Å². The Balaban J connectivity index is 2.06. The zero-order valence-electron chi connectivity index (χ0n) is 13.7. The van der Waals surface area contributed by atoms with E-state index < -0.39 is 27.6 Å². The molecule has 0 aliphatic carbocycles. The lowest BCUT2D eigenvalue weighted by Gasteiger charge is -2.22. The Bertz CT molecular complexity index is 695. The lowest BCUT2D eigenvalue weighted by atomic mass is 10.1. The van der Waals surface area contributed by atoms with Crippen molar-refractivity contribution in [3.05, 3.63) is 35.4 Å². The van der Waals surface area contributed by atoms with Crippen LogP contribution in [0.15, 0.2) is 18.2 Å². The molecule has 0 radical (unpaired) electrons. The number of carbonyl (C=O) groups excluding carboxylic acids is 1. The van der Waals surface area contributed by atoms with Crippen molar-refractivity contribution in [2.45, 2.75) is 26.2 Å². The molecule has 1 aliphatic rings. The highest BCUT2D eigenvalue weighted by Gasteiger charge is 2.27. The van der Waals surface area contributed by atoms with Crippen LogP contribution in [0.4, 0.5) is 8.78 Å². The van der Waals surface area contributed by atoms with E-state index in [1.165, 1.54) is 9.21 Å². The molecule has 0 bridgehead atoms. The molecule has 24 heavy (non-hydrogen) atoms. The van der Waals surface area contributed by atoms with Crippen LogP contribution < -0.4 is 0 Å². The standard InChI is InChI=1S/C16H22F2N2O3S/c1-2-3-11-24(22,23)20-8-4-7-19(9-10-20)16(21)14-6-5-13(17)12-15(14)18/h5-6,12H,2-4,7-11H2,1H3. The van der Waals surface area contributed by atoms with Gasteiger partial charge in [0, 0.05) is 32.2 Å². The molecule has 2 rings (SSSR count). The first kappa shape index (κ1) is 18.8. The van der Waals surface area contributed by atoms with Gasteiger partial charge in [-0.2, -0.15) is 0 Å². The maximum Gasteiger partial charge on any atom is 0.256 e. The van der Waals surface area contributed by atoms with E-state index in [1.807, 2.05) is 6.92 Å². The number of halogens is 2. The highest BCUT2D eigenvalue weighted by molar-refractivity contribution is 7.89. The average molecular weight is 360 g/mol. The summed E-state index contributed by atoms with van der Waals surface area (Å²) in [4.78, 5) is 13.8. The molecular formula is C16H22F2N2O3S. The number of hydrogen-bond donors (Lipinski definition) is 0. The molecule has 1 aliphatic heterocycles. The first-order valence-corrected chi connectivity index (χ1v) is 9.68. The number of benzene rings is 1. The maximum atomic E-state index is 13.8.